The predicted octanol–water partition coefficient (Wildman–Crippen LogP) is 3.20. The summed E-state index contributed by atoms with van der Waals surface area (Å²) in [7, 11) is 0. The number of nitrogens with zero attached hydrogens (tertiary/aromatic N) is 1. The van der Waals surface area contributed by atoms with E-state index in [9.17, 15) is 19.2 Å². The normalized spacial score (nSPS) is 15.5. The van der Waals surface area contributed by atoms with E-state index in [1.165, 1.54) is 19.1 Å². The van der Waals surface area contributed by atoms with Crippen LogP contribution in [0.15, 0.2) is 54.6 Å². The molecule has 0 radical (unpaired) electrons. The molecular weight excluding hydrogens is 396 g/mol. The van der Waals surface area contributed by atoms with Crippen molar-refractivity contribution in [2.75, 3.05) is 11.4 Å². The zero-order valence-corrected chi connectivity index (χ0v) is 17.7. The van der Waals surface area contributed by atoms with Crippen molar-refractivity contribution in [2.24, 2.45) is 0 Å². The molecule has 0 bridgehead atoms. The summed E-state index contributed by atoms with van der Waals surface area (Å²) >= 11 is 0. The first-order valence-corrected chi connectivity index (χ1v) is 10.4. The summed E-state index contributed by atoms with van der Waals surface area (Å²) < 4.78 is 5.30. The van der Waals surface area contributed by atoms with E-state index in [-0.39, 0.29) is 42.0 Å². The third kappa shape index (κ3) is 5.36. The van der Waals surface area contributed by atoms with Crippen LogP contribution in [-0.2, 0) is 19.1 Å². The fourth-order valence-electron chi connectivity index (χ4n) is 3.51. The fraction of sp³-hybridized carbons (Fsp3) is 0.333. The Kier molecular flexibility index (Phi) is 7.18. The van der Waals surface area contributed by atoms with E-state index < -0.39 is 12.1 Å². The molecule has 2 aromatic carbocycles. The van der Waals surface area contributed by atoms with E-state index in [2.05, 4.69) is 12.2 Å². The second-order valence-corrected chi connectivity index (χ2v) is 7.48. The quantitative estimate of drug-likeness (QED) is 0.521. The lowest BCUT2D eigenvalue weighted by atomic mass is 9.96. The monoisotopic (exact) mass is 422 g/mol. The third-order valence-electron chi connectivity index (χ3n) is 5.33. The Hall–Kier alpha value is -3.48. The van der Waals surface area contributed by atoms with Gasteiger partial charge in [0, 0.05) is 25.3 Å². The minimum absolute atomic E-state index is 0.159. The third-order valence-corrected chi connectivity index (χ3v) is 5.33. The summed E-state index contributed by atoms with van der Waals surface area (Å²) in [5.74, 6) is -1.51. The first kappa shape index (κ1) is 22.2. The van der Waals surface area contributed by atoms with Gasteiger partial charge in [-0.15, -0.1) is 0 Å². The lowest BCUT2D eigenvalue weighted by molar-refractivity contribution is -0.129. The van der Waals surface area contributed by atoms with Gasteiger partial charge in [0.2, 0.25) is 11.8 Å². The Morgan fingerprint density at radius 3 is 2.35 bits per heavy atom. The minimum atomic E-state index is -0.987. The van der Waals surface area contributed by atoms with Crippen molar-refractivity contribution < 1.29 is 23.9 Å². The number of hydrogen-bond acceptors (Lipinski definition) is 5. The van der Waals surface area contributed by atoms with Crippen LogP contribution in [0.25, 0.3) is 0 Å². The second kappa shape index (κ2) is 10.0. The number of nitrogens with one attached hydrogen (secondary N) is 1. The van der Waals surface area contributed by atoms with Crippen LogP contribution < -0.4 is 10.2 Å². The zero-order chi connectivity index (χ0) is 22.4. The molecule has 1 aliphatic heterocycles. The predicted molar refractivity (Wildman–Crippen MR) is 116 cm³/mol. The van der Waals surface area contributed by atoms with Crippen molar-refractivity contribution >= 4 is 29.4 Å². The number of imide groups is 1. The first-order valence-electron chi connectivity index (χ1n) is 10.4. The number of ether oxygens (including phenoxy) is 1. The Morgan fingerprint density at radius 1 is 1.03 bits per heavy atom. The van der Waals surface area contributed by atoms with Gasteiger partial charge in [0.05, 0.1) is 11.3 Å². The summed E-state index contributed by atoms with van der Waals surface area (Å²) in [5.41, 5.74) is 1.63. The molecule has 1 N–H and O–H groups in total. The Balaban J connectivity index is 1.58. The van der Waals surface area contributed by atoms with Gasteiger partial charge in [-0.1, -0.05) is 43.3 Å². The van der Waals surface area contributed by atoms with Gasteiger partial charge in [-0.25, -0.2) is 4.79 Å². The highest BCUT2D eigenvalue weighted by molar-refractivity contribution is 6.20. The highest BCUT2D eigenvalue weighted by Gasteiger charge is 2.31. The van der Waals surface area contributed by atoms with Gasteiger partial charge in [0.15, 0.2) is 6.10 Å². The van der Waals surface area contributed by atoms with Crippen LogP contribution in [0.5, 0.6) is 0 Å². The molecule has 1 aliphatic rings. The van der Waals surface area contributed by atoms with E-state index in [0.717, 1.165) is 16.9 Å². The number of carbonyl (C=O) groups excluding carboxylic acids is 4. The number of hydrogen-bond donors (Lipinski definition) is 1. The molecule has 7 nitrogen and oxygen atoms in total. The first-order chi connectivity index (χ1) is 14.9. The van der Waals surface area contributed by atoms with E-state index in [0.29, 0.717) is 12.2 Å². The van der Waals surface area contributed by atoms with Crippen molar-refractivity contribution in [3.8, 4) is 0 Å². The van der Waals surface area contributed by atoms with Crippen LogP contribution in [0.2, 0.25) is 0 Å². The van der Waals surface area contributed by atoms with Crippen molar-refractivity contribution in [3.05, 3.63) is 65.7 Å². The molecule has 1 fully saturated rings. The molecule has 1 heterocycles. The largest absolute Gasteiger partial charge is 0.449 e. The molecule has 0 aliphatic carbocycles. The SMILES string of the molecule is CC[C@@H](CNC(=O)[C@@H](C)OC(=O)c1cccc(N2C(=O)CCC2=O)c1)c1ccccc1. The average Bonchev–Trinajstić information content (AvgIpc) is 3.12. The van der Waals surface area contributed by atoms with Crippen molar-refractivity contribution in [3.63, 3.8) is 0 Å². The number of anilines is 1. The van der Waals surface area contributed by atoms with Crippen LogP contribution in [0, 0.1) is 0 Å². The summed E-state index contributed by atoms with van der Waals surface area (Å²) in [6.45, 7) is 4.00. The van der Waals surface area contributed by atoms with Gasteiger partial charge in [-0.3, -0.25) is 19.3 Å². The number of benzene rings is 2. The van der Waals surface area contributed by atoms with E-state index in [1.807, 2.05) is 30.3 Å². The molecule has 7 heteroatoms. The topological polar surface area (TPSA) is 92.8 Å². The van der Waals surface area contributed by atoms with Gasteiger partial charge in [0.1, 0.15) is 0 Å². The maximum Gasteiger partial charge on any atom is 0.338 e. The number of amides is 3. The van der Waals surface area contributed by atoms with Crippen LogP contribution in [0.4, 0.5) is 5.69 Å². The molecular formula is C24H26N2O5. The molecule has 0 aromatic heterocycles. The lowest BCUT2D eigenvalue weighted by Gasteiger charge is -2.19. The minimum Gasteiger partial charge on any atom is -0.449 e. The van der Waals surface area contributed by atoms with Gasteiger partial charge in [-0.2, -0.15) is 0 Å². The maximum atomic E-state index is 12.5. The molecule has 2 aromatic rings. The molecule has 162 valence electrons. The van der Waals surface area contributed by atoms with Crippen molar-refractivity contribution in [1.82, 2.24) is 5.32 Å². The molecule has 0 saturated carbocycles. The van der Waals surface area contributed by atoms with Gasteiger partial charge in [-0.05, 0) is 37.1 Å². The molecule has 2 atom stereocenters. The smallest absolute Gasteiger partial charge is 0.338 e. The van der Waals surface area contributed by atoms with Crippen LogP contribution in [0.1, 0.15) is 54.9 Å². The molecule has 3 amide bonds. The molecule has 1 saturated heterocycles. The summed E-state index contributed by atoms with van der Waals surface area (Å²) in [5, 5.41) is 2.84. The van der Waals surface area contributed by atoms with Crippen LogP contribution in [0.3, 0.4) is 0 Å². The average molecular weight is 422 g/mol. The van der Waals surface area contributed by atoms with Crippen LogP contribution in [-0.4, -0.2) is 36.3 Å². The highest BCUT2D eigenvalue weighted by atomic mass is 16.5. The zero-order valence-electron chi connectivity index (χ0n) is 17.7. The maximum absolute atomic E-state index is 12.5. The standard InChI is InChI=1S/C24H26N2O5/c1-3-17(18-8-5-4-6-9-18)15-25-23(29)16(2)31-24(30)19-10-7-11-20(14-19)26-21(27)12-13-22(26)28/h4-11,14,16-17H,3,12-13,15H2,1-2H3,(H,25,29)/t16-,17+/m1/s1. The van der Waals surface area contributed by atoms with Crippen molar-refractivity contribution in [1.29, 1.82) is 0 Å². The molecule has 31 heavy (non-hydrogen) atoms. The summed E-state index contributed by atoms with van der Waals surface area (Å²) in [4.78, 5) is 49.9. The van der Waals surface area contributed by atoms with Crippen LogP contribution >= 0.6 is 0 Å². The highest BCUT2D eigenvalue weighted by Crippen LogP contribution is 2.24. The van der Waals surface area contributed by atoms with Crippen molar-refractivity contribution in [2.45, 2.75) is 45.1 Å². The summed E-state index contributed by atoms with van der Waals surface area (Å²) in [6.07, 6.45) is 0.192. The number of esters is 1. The Morgan fingerprint density at radius 2 is 1.71 bits per heavy atom. The van der Waals surface area contributed by atoms with E-state index >= 15 is 0 Å². The van der Waals surface area contributed by atoms with E-state index in [4.69, 9.17) is 4.74 Å². The Labute approximate surface area is 181 Å². The number of carbonyl (C=O) groups is 4. The van der Waals surface area contributed by atoms with Gasteiger partial charge in [0.25, 0.3) is 5.91 Å². The number of rotatable bonds is 8. The lowest BCUT2D eigenvalue weighted by Crippen LogP contribution is -2.38. The second-order valence-electron chi connectivity index (χ2n) is 7.48. The van der Waals surface area contributed by atoms with E-state index in [1.54, 1.807) is 12.1 Å². The molecule has 3 rings (SSSR count). The summed E-state index contributed by atoms with van der Waals surface area (Å²) in [6, 6.07) is 16.0. The van der Waals surface area contributed by atoms with Gasteiger partial charge < -0.3 is 10.1 Å². The molecule has 0 unspecified atom stereocenters. The van der Waals surface area contributed by atoms with Gasteiger partial charge >= 0.3 is 5.97 Å². The Bertz CT molecular complexity index is 957. The molecule has 0 spiro atoms. The fourth-order valence-corrected chi connectivity index (χ4v) is 3.51.